The molecule has 0 aliphatic heterocycles. The zero-order valence-corrected chi connectivity index (χ0v) is 7.01. The van der Waals surface area contributed by atoms with Crippen LogP contribution in [0.1, 0.15) is 19.3 Å². The van der Waals surface area contributed by atoms with E-state index >= 15 is 0 Å². The van der Waals surface area contributed by atoms with Gasteiger partial charge in [0.15, 0.2) is 0 Å². The van der Waals surface area contributed by atoms with Crippen LogP contribution in [0.15, 0.2) is 0 Å². The molecule has 0 aromatic rings. The van der Waals surface area contributed by atoms with Gasteiger partial charge in [0.25, 0.3) is 0 Å². The molecule has 0 aromatic carbocycles. The smallest absolute Gasteiger partial charge is 0.0591 e. The molecule has 3 N–H and O–H groups in total. The van der Waals surface area contributed by atoms with Crippen LogP contribution in [-0.2, 0) is 4.74 Å². The summed E-state index contributed by atoms with van der Waals surface area (Å²) < 4.78 is 5.21. The van der Waals surface area contributed by atoms with Gasteiger partial charge in [0, 0.05) is 19.1 Å². The van der Waals surface area contributed by atoms with E-state index in [2.05, 4.69) is 5.32 Å². The van der Waals surface area contributed by atoms with Gasteiger partial charge in [0.1, 0.15) is 0 Å². The first kappa shape index (κ1) is 8.97. The molecule has 66 valence electrons. The van der Waals surface area contributed by atoms with Gasteiger partial charge in [-0.2, -0.15) is 0 Å². The molecule has 0 atom stereocenters. The maximum atomic E-state index is 5.26. The first-order chi connectivity index (χ1) is 5.43. The number of nitrogens with two attached hydrogens (primary N) is 1. The van der Waals surface area contributed by atoms with E-state index in [1.807, 2.05) is 0 Å². The van der Waals surface area contributed by atoms with E-state index in [4.69, 9.17) is 10.5 Å². The van der Waals surface area contributed by atoms with Gasteiger partial charge in [0.05, 0.1) is 13.2 Å². The van der Waals surface area contributed by atoms with E-state index < -0.39 is 0 Å². The predicted molar refractivity (Wildman–Crippen MR) is 45.5 cm³/mol. The Morgan fingerprint density at radius 1 is 1.36 bits per heavy atom. The lowest BCUT2D eigenvalue weighted by Crippen LogP contribution is -2.37. The van der Waals surface area contributed by atoms with E-state index in [-0.39, 0.29) is 0 Å². The molecule has 11 heavy (non-hydrogen) atoms. The average molecular weight is 158 g/mol. The maximum absolute atomic E-state index is 5.26. The molecule has 3 heteroatoms. The molecule has 1 rings (SSSR count). The third-order valence-corrected chi connectivity index (χ3v) is 2.05. The van der Waals surface area contributed by atoms with E-state index in [1.54, 1.807) is 0 Å². The van der Waals surface area contributed by atoms with Gasteiger partial charge >= 0.3 is 0 Å². The fraction of sp³-hybridized carbons (Fsp3) is 1.00. The quantitative estimate of drug-likeness (QED) is 0.539. The highest BCUT2D eigenvalue weighted by molar-refractivity contribution is 4.75. The Morgan fingerprint density at radius 3 is 2.73 bits per heavy atom. The number of hydrogen-bond donors (Lipinski definition) is 2. The van der Waals surface area contributed by atoms with Gasteiger partial charge in [-0.05, 0) is 12.8 Å². The lowest BCUT2D eigenvalue weighted by atomic mass is 9.93. The largest absolute Gasteiger partial charge is 0.379 e. The molecule has 0 saturated heterocycles. The molecule has 3 nitrogen and oxygen atoms in total. The van der Waals surface area contributed by atoms with Crippen LogP contribution in [-0.4, -0.2) is 32.3 Å². The third kappa shape index (κ3) is 3.70. The first-order valence-electron chi connectivity index (χ1n) is 4.44. The zero-order valence-electron chi connectivity index (χ0n) is 7.01. The summed E-state index contributed by atoms with van der Waals surface area (Å²) in [7, 11) is 0. The van der Waals surface area contributed by atoms with Crippen molar-refractivity contribution < 1.29 is 4.74 Å². The minimum absolute atomic E-state index is 0.628. The van der Waals surface area contributed by atoms with Crippen molar-refractivity contribution in [2.24, 2.45) is 5.73 Å². The highest BCUT2D eigenvalue weighted by Gasteiger charge is 2.15. The van der Waals surface area contributed by atoms with E-state index in [9.17, 15) is 0 Å². The van der Waals surface area contributed by atoms with Crippen molar-refractivity contribution in [1.29, 1.82) is 0 Å². The Hall–Kier alpha value is -0.120. The lowest BCUT2D eigenvalue weighted by molar-refractivity contribution is 0.137. The summed E-state index contributed by atoms with van der Waals surface area (Å²) in [5.74, 6) is 0. The molecule has 0 bridgehead atoms. The molecule has 1 saturated carbocycles. The molecule has 0 amide bonds. The minimum atomic E-state index is 0.628. The van der Waals surface area contributed by atoms with Gasteiger partial charge in [-0.15, -0.1) is 0 Å². The van der Waals surface area contributed by atoms with Gasteiger partial charge in [0.2, 0.25) is 0 Å². The molecule has 1 fully saturated rings. The highest BCUT2D eigenvalue weighted by Crippen LogP contribution is 2.17. The molecular formula is C8H18N2O. The molecular weight excluding hydrogens is 140 g/mol. The van der Waals surface area contributed by atoms with E-state index in [1.165, 1.54) is 19.3 Å². The van der Waals surface area contributed by atoms with Crippen molar-refractivity contribution in [2.45, 2.75) is 25.3 Å². The third-order valence-electron chi connectivity index (χ3n) is 2.05. The summed E-state index contributed by atoms with van der Waals surface area (Å²) in [6.45, 7) is 3.09. The van der Waals surface area contributed by atoms with Crippen LogP contribution in [0.4, 0.5) is 0 Å². The average Bonchev–Trinajstić information content (AvgIpc) is 1.93. The van der Waals surface area contributed by atoms with Crippen molar-refractivity contribution in [3.8, 4) is 0 Å². The topological polar surface area (TPSA) is 47.3 Å². The van der Waals surface area contributed by atoms with Crippen LogP contribution in [0.25, 0.3) is 0 Å². The normalized spacial score (nSPS) is 18.3. The zero-order chi connectivity index (χ0) is 7.94. The van der Waals surface area contributed by atoms with Crippen molar-refractivity contribution in [1.82, 2.24) is 5.32 Å². The molecule has 0 aromatic heterocycles. The van der Waals surface area contributed by atoms with Crippen LogP contribution < -0.4 is 11.1 Å². The SMILES string of the molecule is NCCOCCNC1CCC1. The van der Waals surface area contributed by atoms with Crippen molar-refractivity contribution in [2.75, 3.05) is 26.3 Å². The van der Waals surface area contributed by atoms with Gasteiger partial charge in [-0.25, -0.2) is 0 Å². The van der Waals surface area contributed by atoms with Gasteiger partial charge in [-0.1, -0.05) is 6.42 Å². The van der Waals surface area contributed by atoms with Crippen LogP contribution in [0.5, 0.6) is 0 Å². The fourth-order valence-corrected chi connectivity index (χ4v) is 1.13. The Bertz CT molecular complexity index is 94.1. The van der Waals surface area contributed by atoms with E-state index in [0.717, 1.165) is 19.2 Å². The first-order valence-corrected chi connectivity index (χ1v) is 4.44. The van der Waals surface area contributed by atoms with Crippen molar-refractivity contribution >= 4 is 0 Å². The Morgan fingerprint density at radius 2 is 2.18 bits per heavy atom. The Labute approximate surface area is 68.3 Å². The van der Waals surface area contributed by atoms with Crippen LogP contribution >= 0.6 is 0 Å². The van der Waals surface area contributed by atoms with E-state index in [0.29, 0.717) is 13.2 Å². The Kier molecular flexibility index (Phi) is 4.50. The summed E-state index contributed by atoms with van der Waals surface area (Å²) >= 11 is 0. The lowest BCUT2D eigenvalue weighted by Gasteiger charge is -2.26. The second-order valence-corrected chi connectivity index (χ2v) is 2.98. The fourth-order valence-electron chi connectivity index (χ4n) is 1.13. The molecule has 0 unspecified atom stereocenters. The van der Waals surface area contributed by atoms with Crippen molar-refractivity contribution in [3.63, 3.8) is 0 Å². The molecule has 0 radical (unpaired) electrons. The van der Waals surface area contributed by atoms with Gasteiger partial charge < -0.3 is 15.8 Å². The predicted octanol–water partition coefficient (Wildman–Crippen LogP) is 0.104. The summed E-state index contributed by atoms with van der Waals surface area (Å²) in [6.07, 6.45) is 4.08. The number of rotatable bonds is 6. The monoisotopic (exact) mass is 158 g/mol. The van der Waals surface area contributed by atoms with Crippen LogP contribution in [0, 0.1) is 0 Å². The highest BCUT2D eigenvalue weighted by atomic mass is 16.5. The standard InChI is InChI=1S/C8H18N2O/c9-4-6-11-7-5-10-8-2-1-3-8/h8,10H,1-7,9H2. The van der Waals surface area contributed by atoms with Crippen LogP contribution in [0.3, 0.4) is 0 Å². The summed E-state index contributed by atoms with van der Waals surface area (Å²) in [4.78, 5) is 0. The number of hydrogen-bond acceptors (Lipinski definition) is 3. The molecule has 0 spiro atoms. The van der Waals surface area contributed by atoms with Gasteiger partial charge in [-0.3, -0.25) is 0 Å². The molecule has 0 heterocycles. The molecule has 1 aliphatic rings. The maximum Gasteiger partial charge on any atom is 0.0591 e. The summed E-state index contributed by atoms with van der Waals surface area (Å²) in [5, 5.41) is 3.41. The summed E-state index contributed by atoms with van der Waals surface area (Å²) in [6, 6.07) is 0.775. The second kappa shape index (κ2) is 5.52. The second-order valence-electron chi connectivity index (χ2n) is 2.98. The summed E-state index contributed by atoms with van der Waals surface area (Å²) in [5.41, 5.74) is 5.26. The molecule has 1 aliphatic carbocycles. The van der Waals surface area contributed by atoms with Crippen LogP contribution in [0.2, 0.25) is 0 Å². The Balaban J connectivity index is 1.73. The number of nitrogens with one attached hydrogen (secondary N) is 1. The number of ether oxygens (including phenoxy) is 1. The minimum Gasteiger partial charge on any atom is -0.379 e. The van der Waals surface area contributed by atoms with Crippen molar-refractivity contribution in [3.05, 3.63) is 0 Å².